The number of carbonyl (C=O) groups is 3. The Kier molecular flexibility index (Phi) is 6.05. The molecule has 130 valence electrons. The quantitative estimate of drug-likeness (QED) is 0.280. The van der Waals surface area contributed by atoms with Crippen LogP contribution in [0.4, 0.5) is 9.59 Å². The van der Waals surface area contributed by atoms with Gasteiger partial charge in [0.05, 0.1) is 0 Å². The molecule has 11 heteroatoms. The average Bonchev–Trinajstić information content (AvgIpc) is 2.74. The van der Waals surface area contributed by atoms with Gasteiger partial charge in [0.15, 0.2) is 5.11 Å². The van der Waals surface area contributed by atoms with Gasteiger partial charge in [-0.2, -0.15) is 17.6 Å². The van der Waals surface area contributed by atoms with E-state index in [2.05, 4.69) is 12.6 Å². The zero-order valence-electron chi connectivity index (χ0n) is 13.1. The summed E-state index contributed by atoms with van der Waals surface area (Å²) >= 11 is 9.07. The first kappa shape index (κ1) is 19.3. The lowest BCUT2D eigenvalue weighted by atomic mass is 10.2. The molecule has 1 aliphatic heterocycles. The summed E-state index contributed by atoms with van der Waals surface area (Å²) in [5.74, 6) is 0. The van der Waals surface area contributed by atoms with Crippen LogP contribution in [-0.4, -0.2) is 62.1 Å². The highest BCUT2D eigenvalue weighted by Gasteiger charge is 2.43. The highest BCUT2D eigenvalue weighted by Crippen LogP contribution is 2.27. The second-order valence-electron chi connectivity index (χ2n) is 5.97. The van der Waals surface area contributed by atoms with Crippen LogP contribution in [0.1, 0.15) is 27.2 Å². The fourth-order valence-corrected chi connectivity index (χ4v) is 2.64. The van der Waals surface area contributed by atoms with Gasteiger partial charge >= 0.3 is 12.1 Å². The molecule has 4 N–H and O–H groups in total. The van der Waals surface area contributed by atoms with Crippen LogP contribution in [0.3, 0.4) is 0 Å². The normalized spacial score (nSPS) is 20.8. The second-order valence-corrected chi connectivity index (χ2v) is 7.12. The van der Waals surface area contributed by atoms with E-state index < -0.39 is 23.9 Å². The minimum Gasteiger partial charge on any atom is -0.444 e. The average molecular weight is 363 g/mol. The number of thiocarbonyl (C=S) groups is 1. The number of hydrazine groups is 1. The fourth-order valence-electron chi connectivity index (χ4n) is 2.15. The maximum Gasteiger partial charge on any atom is 0.412 e. The predicted octanol–water partition coefficient (Wildman–Crippen LogP) is 0.249. The highest BCUT2D eigenvalue weighted by molar-refractivity contribution is 7.81. The van der Waals surface area contributed by atoms with Crippen molar-refractivity contribution < 1.29 is 19.1 Å². The van der Waals surface area contributed by atoms with Crippen LogP contribution in [0.5, 0.6) is 0 Å². The lowest BCUT2D eigenvalue weighted by molar-refractivity contribution is -0.127. The molecule has 0 aromatic rings. The minimum absolute atomic E-state index is 0.219. The smallest absolute Gasteiger partial charge is 0.412 e. The van der Waals surface area contributed by atoms with Crippen LogP contribution < -0.4 is 11.5 Å². The molecule has 0 radical (unpaired) electrons. The Morgan fingerprint density at radius 3 is 2.35 bits per heavy atom. The topological polar surface area (TPSA) is 122 Å². The monoisotopic (exact) mass is 363 g/mol. The van der Waals surface area contributed by atoms with Crippen molar-refractivity contribution in [3.05, 3.63) is 0 Å². The number of hydrogen-bond acceptors (Lipinski definition) is 6. The van der Waals surface area contributed by atoms with Gasteiger partial charge in [0, 0.05) is 18.2 Å². The lowest BCUT2D eigenvalue weighted by Gasteiger charge is -2.38. The molecule has 23 heavy (non-hydrogen) atoms. The molecule has 1 saturated heterocycles. The SMILES string of the molecule is CC(C)(C)OC(=O)N1C[C@@H](S)C[C@@H]1N(C(N)=O)N(C=O)C(N)=S. The lowest BCUT2D eigenvalue weighted by Crippen LogP contribution is -2.61. The Morgan fingerprint density at radius 1 is 1.39 bits per heavy atom. The first-order valence-corrected chi connectivity index (χ1v) is 7.70. The minimum atomic E-state index is -0.981. The van der Waals surface area contributed by atoms with E-state index in [1.165, 1.54) is 4.90 Å². The molecule has 0 unspecified atom stereocenters. The van der Waals surface area contributed by atoms with Crippen LogP contribution in [-0.2, 0) is 9.53 Å². The van der Waals surface area contributed by atoms with Crippen LogP contribution in [0.15, 0.2) is 0 Å². The third-order valence-corrected chi connectivity index (χ3v) is 3.51. The van der Waals surface area contributed by atoms with E-state index in [1.54, 1.807) is 20.8 Å². The maximum absolute atomic E-state index is 12.3. The number of amides is 4. The number of nitrogens with two attached hydrogens (primary N) is 2. The molecule has 0 spiro atoms. The van der Waals surface area contributed by atoms with Gasteiger partial charge in [-0.15, -0.1) is 0 Å². The van der Waals surface area contributed by atoms with Gasteiger partial charge in [0.25, 0.3) is 0 Å². The molecule has 4 amide bonds. The molecule has 0 aromatic carbocycles. The fraction of sp³-hybridized carbons (Fsp3) is 0.667. The largest absolute Gasteiger partial charge is 0.444 e. The first-order chi connectivity index (χ1) is 10.5. The standard InChI is InChI=1S/C12H21N5O4S2/c1-12(2,3)21-11(20)15-5-7(22)4-8(15)17(9(13)19)16(6-18)10(14)23/h6-8,22H,4-5H2,1-3H3,(H2,13,19)(H2,14,23)/t7-,8-/m0/s1. The van der Waals surface area contributed by atoms with Crippen molar-refractivity contribution in [2.24, 2.45) is 11.5 Å². The van der Waals surface area contributed by atoms with E-state index in [0.29, 0.717) is 5.01 Å². The second kappa shape index (κ2) is 7.21. The summed E-state index contributed by atoms with van der Waals surface area (Å²) in [5, 5.41) is 0.917. The molecular weight excluding hydrogens is 342 g/mol. The summed E-state index contributed by atoms with van der Waals surface area (Å²) in [6.45, 7) is 5.36. The number of primary amides is 1. The Balaban J connectivity index is 3.12. The van der Waals surface area contributed by atoms with Crippen molar-refractivity contribution in [1.29, 1.82) is 0 Å². The summed E-state index contributed by atoms with van der Waals surface area (Å²) in [4.78, 5) is 36.6. The molecule has 1 rings (SSSR count). The van der Waals surface area contributed by atoms with Gasteiger partial charge < -0.3 is 16.2 Å². The molecule has 1 aliphatic rings. The summed E-state index contributed by atoms with van der Waals surface area (Å²) in [5.41, 5.74) is 10.0. The Labute approximate surface area is 145 Å². The molecule has 0 aromatic heterocycles. The Hall–Kier alpha value is -1.75. The van der Waals surface area contributed by atoms with Crippen molar-refractivity contribution in [2.45, 2.75) is 44.2 Å². The van der Waals surface area contributed by atoms with Crippen LogP contribution in [0.2, 0.25) is 0 Å². The number of nitrogens with zero attached hydrogens (tertiary/aromatic N) is 3. The van der Waals surface area contributed by atoms with E-state index in [0.717, 1.165) is 5.01 Å². The third kappa shape index (κ3) is 4.86. The van der Waals surface area contributed by atoms with Gasteiger partial charge in [-0.05, 0) is 33.0 Å². The number of hydrogen-bond donors (Lipinski definition) is 3. The van der Waals surface area contributed by atoms with Crippen LogP contribution >= 0.6 is 24.8 Å². The number of ether oxygens (including phenoxy) is 1. The van der Waals surface area contributed by atoms with E-state index in [9.17, 15) is 14.4 Å². The summed E-state index contributed by atoms with van der Waals surface area (Å²) in [7, 11) is 0. The molecule has 0 aliphatic carbocycles. The van der Waals surface area contributed by atoms with E-state index >= 15 is 0 Å². The van der Waals surface area contributed by atoms with Crippen LogP contribution in [0, 0.1) is 0 Å². The predicted molar refractivity (Wildman–Crippen MR) is 90.2 cm³/mol. The molecule has 0 saturated carbocycles. The number of thiol groups is 1. The van der Waals surface area contributed by atoms with Gasteiger partial charge in [-0.25, -0.2) is 14.6 Å². The first-order valence-electron chi connectivity index (χ1n) is 6.78. The van der Waals surface area contributed by atoms with Crippen LogP contribution in [0.25, 0.3) is 0 Å². The maximum atomic E-state index is 12.3. The molecule has 2 atom stereocenters. The third-order valence-electron chi connectivity index (χ3n) is 2.94. The van der Waals surface area contributed by atoms with Gasteiger partial charge in [0.2, 0.25) is 6.41 Å². The molecular formula is C12H21N5O4S2. The van der Waals surface area contributed by atoms with Crippen molar-refractivity contribution in [3.8, 4) is 0 Å². The number of rotatable bonds is 2. The van der Waals surface area contributed by atoms with Gasteiger partial charge in [-0.3, -0.25) is 9.69 Å². The number of urea groups is 1. The van der Waals surface area contributed by atoms with Gasteiger partial charge in [-0.1, -0.05) is 0 Å². The van der Waals surface area contributed by atoms with Crippen molar-refractivity contribution >= 4 is 48.5 Å². The summed E-state index contributed by atoms with van der Waals surface area (Å²) < 4.78 is 5.31. The summed E-state index contributed by atoms with van der Waals surface area (Å²) in [6, 6.07) is -0.981. The van der Waals surface area contributed by atoms with E-state index in [1.807, 2.05) is 0 Å². The zero-order chi connectivity index (χ0) is 17.9. The Bertz CT molecular complexity index is 510. The number of likely N-dealkylation sites (tertiary alicyclic amines) is 1. The molecule has 1 heterocycles. The van der Waals surface area contributed by atoms with Gasteiger partial charge in [0.1, 0.15) is 11.8 Å². The van der Waals surface area contributed by atoms with E-state index in [4.69, 9.17) is 28.4 Å². The van der Waals surface area contributed by atoms with Crippen molar-refractivity contribution in [2.75, 3.05) is 6.54 Å². The molecule has 9 nitrogen and oxygen atoms in total. The highest BCUT2D eigenvalue weighted by atomic mass is 32.1. The molecule has 0 bridgehead atoms. The van der Waals surface area contributed by atoms with Crippen molar-refractivity contribution in [3.63, 3.8) is 0 Å². The molecule has 1 fully saturated rings. The van der Waals surface area contributed by atoms with E-state index in [-0.39, 0.29) is 29.7 Å². The number of carbonyl (C=O) groups excluding carboxylic acids is 3. The van der Waals surface area contributed by atoms with Crippen molar-refractivity contribution in [1.82, 2.24) is 14.9 Å². The Morgan fingerprint density at radius 2 is 1.96 bits per heavy atom. The summed E-state index contributed by atoms with van der Waals surface area (Å²) in [6.07, 6.45) is -1.000. The zero-order valence-corrected chi connectivity index (χ0v) is 14.8.